The van der Waals surface area contributed by atoms with E-state index >= 15 is 0 Å². The smallest absolute Gasteiger partial charge is 0.118 e. The van der Waals surface area contributed by atoms with Crippen molar-refractivity contribution in [1.29, 1.82) is 0 Å². The quantitative estimate of drug-likeness (QED) is 0.742. The molecule has 0 atom stereocenters. The number of rotatable bonds is 5. The average Bonchev–Trinajstić information content (AvgIpc) is 2.48. The Morgan fingerprint density at radius 3 is 2.32 bits per heavy atom. The van der Waals surface area contributed by atoms with Crippen molar-refractivity contribution in [3.05, 3.63) is 72.0 Å². The van der Waals surface area contributed by atoms with Crippen LogP contribution < -0.4 is 4.74 Å². The summed E-state index contributed by atoms with van der Waals surface area (Å²) >= 11 is 0. The Bertz CT molecular complexity index is 527. The zero-order valence-electron chi connectivity index (χ0n) is 11.3. The second-order valence-corrected chi connectivity index (χ2v) is 4.33. The fraction of sp³-hybridized carbons (Fsp3) is 0.176. The van der Waals surface area contributed by atoms with E-state index in [9.17, 15) is 0 Å². The topological polar surface area (TPSA) is 18.5 Å². The Morgan fingerprint density at radius 2 is 1.68 bits per heavy atom. The van der Waals surface area contributed by atoms with Gasteiger partial charge in [-0.1, -0.05) is 42.5 Å². The van der Waals surface area contributed by atoms with Crippen molar-refractivity contribution in [1.82, 2.24) is 0 Å². The van der Waals surface area contributed by atoms with Gasteiger partial charge >= 0.3 is 0 Å². The normalized spacial score (nSPS) is 11.2. The number of hydrogen-bond donors (Lipinski definition) is 0. The second-order valence-electron chi connectivity index (χ2n) is 4.33. The number of hydrogen-bond acceptors (Lipinski definition) is 2. The highest BCUT2D eigenvalue weighted by molar-refractivity contribution is 5.63. The summed E-state index contributed by atoms with van der Waals surface area (Å²) in [5.74, 6) is 0.863. The Hall–Kier alpha value is -2.22. The van der Waals surface area contributed by atoms with E-state index in [2.05, 4.69) is 12.1 Å². The molecular formula is C17H18O2. The van der Waals surface area contributed by atoms with Gasteiger partial charge in [-0.15, -0.1) is 0 Å². The minimum Gasteiger partial charge on any atom is -0.497 e. The van der Waals surface area contributed by atoms with Crippen molar-refractivity contribution in [2.45, 2.75) is 13.5 Å². The van der Waals surface area contributed by atoms with Crippen LogP contribution in [0, 0.1) is 0 Å². The van der Waals surface area contributed by atoms with Crippen molar-refractivity contribution in [3.8, 4) is 5.75 Å². The van der Waals surface area contributed by atoms with Crippen molar-refractivity contribution >= 4 is 5.57 Å². The van der Waals surface area contributed by atoms with Gasteiger partial charge in [0.2, 0.25) is 0 Å². The summed E-state index contributed by atoms with van der Waals surface area (Å²) in [4.78, 5) is 0. The van der Waals surface area contributed by atoms with Gasteiger partial charge in [0.15, 0.2) is 0 Å². The predicted molar refractivity (Wildman–Crippen MR) is 77.9 cm³/mol. The highest BCUT2D eigenvalue weighted by Crippen LogP contribution is 2.18. The molecule has 0 radical (unpaired) electrons. The van der Waals surface area contributed by atoms with E-state index in [0.29, 0.717) is 6.61 Å². The SMILES string of the molecule is COc1ccc(C(C)=COCc2ccccc2)cc1. The zero-order chi connectivity index (χ0) is 13.5. The average molecular weight is 254 g/mol. The molecule has 0 N–H and O–H groups in total. The van der Waals surface area contributed by atoms with Gasteiger partial charge in [-0.05, 0) is 35.8 Å². The fourth-order valence-electron chi connectivity index (χ4n) is 1.76. The Labute approximate surface area is 114 Å². The molecule has 19 heavy (non-hydrogen) atoms. The second kappa shape index (κ2) is 6.64. The summed E-state index contributed by atoms with van der Waals surface area (Å²) in [6, 6.07) is 18.1. The number of methoxy groups -OCH3 is 1. The van der Waals surface area contributed by atoms with Crippen LogP contribution >= 0.6 is 0 Å². The van der Waals surface area contributed by atoms with Gasteiger partial charge < -0.3 is 9.47 Å². The summed E-state index contributed by atoms with van der Waals surface area (Å²) in [6.07, 6.45) is 1.80. The van der Waals surface area contributed by atoms with Crippen molar-refractivity contribution in [2.75, 3.05) is 7.11 Å². The van der Waals surface area contributed by atoms with Gasteiger partial charge in [-0.2, -0.15) is 0 Å². The molecule has 2 nitrogen and oxygen atoms in total. The number of allylic oxidation sites excluding steroid dienone is 1. The maximum Gasteiger partial charge on any atom is 0.118 e. The molecule has 2 rings (SSSR count). The molecular weight excluding hydrogens is 236 g/mol. The highest BCUT2D eigenvalue weighted by Gasteiger charge is 1.97. The molecule has 0 saturated heterocycles. The summed E-state index contributed by atoms with van der Waals surface area (Å²) in [6.45, 7) is 2.63. The molecule has 0 amide bonds. The molecule has 0 spiro atoms. The van der Waals surface area contributed by atoms with Crippen LogP contribution in [0.1, 0.15) is 18.1 Å². The molecule has 0 aliphatic rings. The van der Waals surface area contributed by atoms with Crippen molar-refractivity contribution in [3.63, 3.8) is 0 Å². The van der Waals surface area contributed by atoms with Gasteiger partial charge in [0.05, 0.1) is 13.4 Å². The third-order valence-corrected chi connectivity index (χ3v) is 2.90. The first kappa shape index (κ1) is 13.2. The molecule has 0 aliphatic carbocycles. The van der Waals surface area contributed by atoms with Crippen molar-refractivity contribution < 1.29 is 9.47 Å². The molecule has 0 heterocycles. The van der Waals surface area contributed by atoms with Crippen LogP contribution in [0.15, 0.2) is 60.9 Å². The van der Waals surface area contributed by atoms with Gasteiger partial charge in [0.1, 0.15) is 12.4 Å². The third kappa shape index (κ3) is 3.88. The molecule has 0 aliphatic heterocycles. The van der Waals surface area contributed by atoms with Crippen LogP contribution in [0.5, 0.6) is 5.75 Å². The molecule has 0 bridgehead atoms. The zero-order valence-corrected chi connectivity index (χ0v) is 11.3. The lowest BCUT2D eigenvalue weighted by molar-refractivity contribution is 0.237. The first-order valence-corrected chi connectivity index (χ1v) is 6.26. The summed E-state index contributed by atoms with van der Waals surface area (Å²) in [5.41, 5.74) is 3.40. The predicted octanol–water partition coefficient (Wildman–Crippen LogP) is 4.27. The van der Waals surface area contributed by atoms with Crippen LogP contribution in [0.25, 0.3) is 5.57 Å². The minimum atomic E-state index is 0.592. The first-order chi connectivity index (χ1) is 9.29. The molecule has 2 aromatic carbocycles. The summed E-state index contributed by atoms with van der Waals surface area (Å²) < 4.78 is 10.7. The molecule has 2 heteroatoms. The monoisotopic (exact) mass is 254 g/mol. The van der Waals surface area contributed by atoms with E-state index in [0.717, 1.165) is 16.9 Å². The third-order valence-electron chi connectivity index (χ3n) is 2.90. The number of benzene rings is 2. The minimum absolute atomic E-state index is 0.592. The van der Waals surface area contributed by atoms with Crippen LogP contribution in [0.2, 0.25) is 0 Å². The van der Waals surface area contributed by atoms with E-state index in [1.54, 1.807) is 13.4 Å². The first-order valence-electron chi connectivity index (χ1n) is 6.26. The van der Waals surface area contributed by atoms with Crippen LogP contribution in [-0.2, 0) is 11.3 Å². The van der Waals surface area contributed by atoms with E-state index < -0.39 is 0 Å². The highest BCUT2D eigenvalue weighted by atomic mass is 16.5. The van der Waals surface area contributed by atoms with E-state index in [1.807, 2.05) is 49.4 Å². The molecule has 2 aromatic rings. The van der Waals surface area contributed by atoms with E-state index in [-0.39, 0.29) is 0 Å². The Morgan fingerprint density at radius 1 is 1.00 bits per heavy atom. The fourth-order valence-corrected chi connectivity index (χ4v) is 1.76. The Kier molecular flexibility index (Phi) is 4.62. The molecule has 0 aromatic heterocycles. The maximum absolute atomic E-state index is 5.60. The van der Waals surface area contributed by atoms with Gasteiger partial charge in [-0.25, -0.2) is 0 Å². The summed E-state index contributed by atoms with van der Waals surface area (Å²) in [7, 11) is 1.67. The lowest BCUT2D eigenvalue weighted by Gasteiger charge is -2.05. The molecule has 98 valence electrons. The molecule has 0 saturated carbocycles. The van der Waals surface area contributed by atoms with Crippen LogP contribution in [-0.4, -0.2) is 7.11 Å². The van der Waals surface area contributed by atoms with Crippen molar-refractivity contribution in [2.24, 2.45) is 0 Å². The van der Waals surface area contributed by atoms with Crippen LogP contribution in [0.3, 0.4) is 0 Å². The van der Waals surface area contributed by atoms with E-state index in [1.165, 1.54) is 5.56 Å². The molecule has 0 fully saturated rings. The standard InChI is InChI=1S/C17H18O2/c1-14(16-8-10-17(18-2)11-9-16)12-19-13-15-6-4-3-5-7-15/h3-12H,13H2,1-2H3. The Balaban J connectivity index is 1.94. The van der Waals surface area contributed by atoms with E-state index in [4.69, 9.17) is 9.47 Å². The maximum atomic E-state index is 5.60. The van der Waals surface area contributed by atoms with Crippen LogP contribution in [0.4, 0.5) is 0 Å². The largest absolute Gasteiger partial charge is 0.497 e. The summed E-state index contributed by atoms with van der Waals surface area (Å²) in [5, 5.41) is 0. The van der Waals surface area contributed by atoms with Gasteiger partial charge in [-0.3, -0.25) is 0 Å². The lowest BCUT2D eigenvalue weighted by atomic mass is 10.1. The number of ether oxygens (including phenoxy) is 2. The van der Waals surface area contributed by atoms with Gasteiger partial charge in [0, 0.05) is 0 Å². The van der Waals surface area contributed by atoms with Gasteiger partial charge in [0.25, 0.3) is 0 Å². The lowest BCUT2D eigenvalue weighted by Crippen LogP contribution is -1.88. The molecule has 0 unspecified atom stereocenters.